The van der Waals surface area contributed by atoms with Crippen molar-refractivity contribution in [2.45, 2.75) is 57.4 Å². The molecule has 0 aliphatic heterocycles. The van der Waals surface area contributed by atoms with Crippen LogP contribution in [-0.2, 0) is 23.8 Å². The minimum absolute atomic E-state index is 0.0108. The number of hydrogen-bond donors (Lipinski definition) is 0. The summed E-state index contributed by atoms with van der Waals surface area (Å²) in [7, 11) is -4.02. The number of methoxy groups -OCH3 is 1. The molecule has 0 radical (unpaired) electrons. The SMILES string of the molecule is COCOCC[C@H]1CC[C@@H]2C[C@]3(C)C(OS(=O)(=O)C(F)(F)F)=CC[C@H]3C[C@@H]2C1. The smallest absolute Gasteiger partial charge is 0.380 e. The summed E-state index contributed by atoms with van der Waals surface area (Å²) in [6.45, 7) is 2.84. The standard InChI is InChI=1S/C19H29F3O5S/c1-18-11-14-4-3-13(7-8-26-12-25-2)9-15(14)10-16(18)5-6-17(18)27-28(23,24)19(20,21)22/h6,13-16H,3-5,7-12H2,1-2H3/t13-,14-,15+,16+,18+/m1/s1. The first kappa shape index (κ1) is 21.9. The lowest BCUT2D eigenvalue weighted by Crippen LogP contribution is -2.42. The maximum atomic E-state index is 12.7. The predicted molar refractivity (Wildman–Crippen MR) is 96.4 cm³/mol. The summed E-state index contributed by atoms with van der Waals surface area (Å²) in [6.07, 6.45) is 7.90. The largest absolute Gasteiger partial charge is 0.534 e. The first-order chi connectivity index (χ1) is 13.1. The topological polar surface area (TPSA) is 61.8 Å². The summed E-state index contributed by atoms with van der Waals surface area (Å²) in [5.41, 5.74) is -6.03. The Morgan fingerprint density at radius 1 is 1.21 bits per heavy atom. The number of alkyl halides is 3. The third kappa shape index (κ3) is 4.36. The van der Waals surface area contributed by atoms with E-state index in [-0.39, 0.29) is 11.7 Å². The number of hydrogen-bond acceptors (Lipinski definition) is 5. The van der Waals surface area contributed by atoms with Crippen molar-refractivity contribution >= 4 is 10.1 Å². The molecule has 0 N–H and O–H groups in total. The van der Waals surface area contributed by atoms with E-state index in [1.807, 2.05) is 6.92 Å². The van der Waals surface area contributed by atoms with E-state index >= 15 is 0 Å². The molecule has 2 fully saturated rings. The van der Waals surface area contributed by atoms with Gasteiger partial charge in [-0.3, -0.25) is 0 Å². The molecule has 0 aromatic heterocycles. The molecule has 0 bridgehead atoms. The average Bonchev–Trinajstić information content (AvgIpc) is 2.91. The van der Waals surface area contributed by atoms with Crippen molar-refractivity contribution in [3.63, 3.8) is 0 Å². The Labute approximate surface area is 164 Å². The summed E-state index contributed by atoms with van der Waals surface area (Å²) in [6, 6.07) is 0. The van der Waals surface area contributed by atoms with Gasteiger partial charge in [0, 0.05) is 19.1 Å². The van der Waals surface area contributed by atoms with Gasteiger partial charge in [0.2, 0.25) is 0 Å². The lowest BCUT2D eigenvalue weighted by molar-refractivity contribution is -0.0557. The summed E-state index contributed by atoms with van der Waals surface area (Å²) < 4.78 is 76.1. The van der Waals surface area contributed by atoms with Crippen molar-refractivity contribution in [3.05, 3.63) is 11.8 Å². The molecular formula is C19H29F3O5S. The molecule has 5 atom stereocenters. The van der Waals surface area contributed by atoms with E-state index in [4.69, 9.17) is 9.47 Å². The zero-order valence-corrected chi connectivity index (χ0v) is 17.2. The Hall–Kier alpha value is -0.800. The van der Waals surface area contributed by atoms with E-state index < -0.39 is 21.0 Å². The number of rotatable bonds is 7. The Bertz CT molecular complexity index is 690. The maximum absolute atomic E-state index is 12.7. The second-order valence-electron chi connectivity index (χ2n) is 8.64. The molecule has 28 heavy (non-hydrogen) atoms. The van der Waals surface area contributed by atoms with Crippen LogP contribution in [0.4, 0.5) is 13.2 Å². The van der Waals surface area contributed by atoms with Gasteiger partial charge in [0.05, 0.1) is 0 Å². The van der Waals surface area contributed by atoms with Crippen LogP contribution in [0.25, 0.3) is 0 Å². The van der Waals surface area contributed by atoms with Crippen molar-refractivity contribution in [2.24, 2.45) is 29.1 Å². The van der Waals surface area contributed by atoms with Gasteiger partial charge in [0.15, 0.2) is 0 Å². The highest BCUT2D eigenvalue weighted by molar-refractivity contribution is 7.87. The van der Waals surface area contributed by atoms with Crippen molar-refractivity contribution in [1.82, 2.24) is 0 Å². The van der Waals surface area contributed by atoms with Crippen LogP contribution >= 0.6 is 0 Å². The maximum Gasteiger partial charge on any atom is 0.534 e. The predicted octanol–water partition coefficient (Wildman–Crippen LogP) is 4.60. The first-order valence-electron chi connectivity index (χ1n) is 9.85. The Kier molecular flexibility index (Phi) is 6.37. The molecule has 3 aliphatic rings. The highest BCUT2D eigenvalue weighted by atomic mass is 32.2. The summed E-state index contributed by atoms with van der Waals surface area (Å²) in [5.74, 6) is 1.65. The molecule has 0 aromatic rings. The van der Waals surface area contributed by atoms with Crippen LogP contribution in [0.2, 0.25) is 0 Å². The van der Waals surface area contributed by atoms with Gasteiger partial charge in [-0.25, -0.2) is 0 Å². The van der Waals surface area contributed by atoms with E-state index in [0.29, 0.717) is 44.0 Å². The van der Waals surface area contributed by atoms with Crippen molar-refractivity contribution in [2.75, 3.05) is 20.5 Å². The van der Waals surface area contributed by atoms with Gasteiger partial charge in [-0.1, -0.05) is 13.3 Å². The second-order valence-corrected chi connectivity index (χ2v) is 10.2. The van der Waals surface area contributed by atoms with E-state index in [0.717, 1.165) is 32.1 Å². The fourth-order valence-corrected chi connectivity index (χ4v) is 6.00. The van der Waals surface area contributed by atoms with E-state index in [1.165, 1.54) is 0 Å². The normalized spacial score (nSPS) is 35.8. The van der Waals surface area contributed by atoms with Crippen molar-refractivity contribution < 1.29 is 35.2 Å². The third-order valence-corrected chi connectivity index (χ3v) is 7.89. The van der Waals surface area contributed by atoms with Gasteiger partial charge < -0.3 is 13.7 Å². The zero-order chi connectivity index (χ0) is 20.6. The van der Waals surface area contributed by atoms with Gasteiger partial charge in [0.1, 0.15) is 12.6 Å². The highest BCUT2D eigenvalue weighted by Gasteiger charge is 2.55. The molecule has 5 nitrogen and oxygen atoms in total. The molecule has 9 heteroatoms. The van der Waals surface area contributed by atoms with Crippen molar-refractivity contribution in [1.29, 1.82) is 0 Å². The summed E-state index contributed by atoms with van der Waals surface area (Å²) >= 11 is 0. The number of allylic oxidation sites excluding steroid dienone is 2. The number of fused-ring (bicyclic) bond motifs is 2. The molecule has 0 spiro atoms. The van der Waals surface area contributed by atoms with E-state index in [9.17, 15) is 21.6 Å². The van der Waals surface area contributed by atoms with Crippen LogP contribution in [-0.4, -0.2) is 34.4 Å². The van der Waals surface area contributed by atoms with Gasteiger partial charge in [-0.2, -0.15) is 21.6 Å². The van der Waals surface area contributed by atoms with Crippen LogP contribution in [0.3, 0.4) is 0 Å². The lowest BCUT2D eigenvalue weighted by atomic mass is 9.56. The van der Waals surface area contributed by atoms with Gasteiger partial charge in [-0.15, -0.1) is 0 Å². The van der Waals surface area contributed by atoms with Crippen LogP contribution in [0.1, 0.15) is 51.9 Å². The fourth-order valence-electron chi connectivity index (χ4n) is 5.41. The van der Waals surface area contributed by atoms with Gasteiger partial charge in [-0.05, 0) is 68.3 Å². The third-order valence-electron chi connectivity index (χ3n) is 6.93. The Morgan fingerprint density at radius 3 is 2.64 bits per heavy atom. The summed E-state index contributed by atoms with van der Waals surface area (Å²) in [4.78, 5) is 0. The zero-order valence-electron chi connectivity index (χ0n) is 16.3. The molecule has 0 amide bonds. The Balaban J connectivity index is 1.61. The number of ether oxygens (including phenoxy) is 2. The molecule has 3 aliphatic carbocycles. The molecule has 0 aromatic carbocycles. The summed E-state index contributed by atoms with van der Waals surface area (Å²) in [5, 5.41) is 0. The molecular weight excluding hydrogens is 397 g/mol. The molecule has 2 saturated carbocycles. The lowest BCUT2D eigenvalue weighted by Gasteiger charge is -2.49. The van der Waals surface area contributed by atoms with Crippen LogP contribution in [0, 0.1) is 29.1 Å². The van der Waals surface area contributed by atoms with Crippen LogP contribution < -0.4 is 0 Å². The molecule has 3 rings (SSSR count). The Morgan fingerprint density at radius 2 is 1.96 bits per heavy atom. The van der Waals surface area contributed by atoms with Crippen LogP contribution in [0.15, 0.2) is 11.8 Å². The molecule has 0 saturated heterocycles. The van der Waals surface area contributed by atoms with Gasteiger partial charge >= 0.3 is 15.6 Å². The monoisotopic (exact) mass is 426 g/mol. The average molecular weight is 426 g/mol. The fraction of sp³-hybridized carbons (Fsp3) is 0.895. The van der Waals surface area contributed by atoms with Crippen molar-refractivity contribution in [3.8, 4) is 0 Å². The second kappa shape index (κ2) is 8.14. The molecule has 0 heterocycles. The molecule has 0 unspecified atom stereocenters. The molecule has 162 valence electrons. The van der Waals surface area contributed by atoms with E-state index in [1.54, 1.807) is 13.2 Å². The van der Waals surface area contributed by atoms with Crippen LogP contribution in [0.5, 0.6) is 0 Å². The minimum Gasteiger partial charge on any atom is -0.380 e. The first-order valence-corrected chi connectivity index (χ1v) is 11.3. The quantitative estimate of drug-likeness (QED) is 0.258. The highest BCUT2D eigenvalue weighted by Crippen LogP contribution is 2.59. The van der Waals surface area contributed by atoms with Gasteiger partial charge in [0.25, 0.3) is 0 Å². The number of halogens is 3. The minimum atomic E-state index is -5.62. The van der Waals surface area contributed by atoms with E-state index in [2.05, 4.69) is 4.18 Å².